The zero-order valence-electron chi connectivity index (χ0n) is 71.0. The smallest absolute Gasteiger partial charge is 0.326 e. The van der Waals surface area contributed by atoms with E-state index < -0.39 is 0 Å². The minimum Gasteiger partial charge on any atom is -0.493 e. The predicted molar refractivity (Wildman–Crippen MR) is 475 cm³/mol. The first-order valence-corrected chi connectivity index (χ1v) is 40.7. The Morgan fingerprint density at radius 2 is 1.08 bits per heavy atom. The number of para-hydroxylation sites is 5. The molecule has 0 radical (unpaired) electrons. The van der Waals surface area contributed by atoms with Crippen molar-refractivity contribution in [3.05, 3.63) is 280 Å². The number of allylic oxidation sites excluding steroid dienone is 2. The quantitative estimate of drug-likeness (QED) is 0.149. The summed E-state index contributed by atoms with van der Waals surface area (Å²) in [5.41, 5.74) is 18.9. The van der Waals surface area contributed by atoms with E-state index >= 15 is 0 Å². The second kappa shape index (κ2) is 56.5. The van der Waals surface area contributed by atoms with Gasteiger partial charge in [-0.3, -0.25) is 18.8 Å². The molecular formula is C91H128N12O5S2. The fourth-order valence-electron chi connectivity index (χ4n) is 9.93. The van der Waals surface area contributed by atoms with Crippen LogP contribution in [0.15, 0.2) is 235 Å². The highest BCUT2D eigenvalue weighted by molar-refractivity contribution is 7.16. The van der Waals surface area contributed by atoms with Crippen molar-refractivity contribution in [2.45, 2.75) is 180 Å². The van der Waals surface area contributed by atoms with Crippen LogP contribution in [0.2, 0.25) is 0 Å². The van der Waals surface area contributed by atoms with Crippen LogP contribution in [0.1, 0.15) is 171 Å². The van der Waals surface area contributed by atoms with Crippen LogP contribution in [-0.4, -0.2) is 83.7 Å². The number of rotatable bonds is 0. The minimum absolute atomic E-state index is 0.0573. The largest absolute Gasteiger partial charge is 0.493 e. The van der Waals surface area contributed by atoms with E-state index in [0.29, 0.717) is 6.79 Å². The Morgan fingerprint density at radius 1 is 0.500 bits per heavy atom. The van der Waals surface area contributed by atoms with E-state index in [1.807, 2.05) is 327 Å². The highest BCUT2D eigenvalue weighted by atomic mass is 32.1. The van der Waals surface area contributed by atoms with Crippen LogP contribution in [-0.2, 0) is 25.3 Å². The Kier molecular flexibility index (Phi) is 49.9. The van der Waals surface area contributed by atoms with Gasteiger partial charge in [-0.2, -0.15) is 0 Å². The zero-order valence-corrected chi connectivity index (χ0v) is 72.7. The summed E-state index contributed by atoms with van der Waals surface area (Å²) in [6.45, 7) is 52.3. The average Bonchev–Trinajstić information content (AvgIpc) is 1.24. The fraction of sp³-hybridized carbons (Fsp3) is 0.341. The van der Waals surface area contributed by atoms with Crippen molar-refractivity contribution in [1.29, 1.82) is 0 Å². The number of carbonyl (C=O) groups excluding carboxylic acids is 1. The molecule has 0 unspecified atom stereocenters. The van der Waals surface area contributed by atoms with E-state index in [9.17, 15) is 9.59 Å². The molecule has 0 spiro atoms. The van der Waals surface area contributed by atoms with E-state index in [-0.39, 0.29) is 11.6 Å². The van der Waals surface area contributed by atoms with Crippen LogP contribution in [0.5, 0.6) is 17.2 Å². The third-order valence-corrected chi connectivity index (χ3v) is 16.6. The molecule has 110 heavy (non-hydrogen) atoms. The minimum atomic E-state index is -0.0637. The third-order valence-electron chi connectivity index (χ3n) is 15.0. The van der Waals surface area contributed by atoms with Crippen LogP contribution < -0.4 is 19.9 Å². The second-order valence-electron chi connectivity index (χ2n) is 21.9. The molecule has 19 heteroatoms. The van der Waals surface area contributed by atoms with Gasteiger partial charge in [-0.05, 0) is 156 Å². The summed E-state index contributed by atoms with van der Waals surface area (Å²) in [4.78, 5) is 46.2. The number of nitrogens with one attached hydrogen (secondary N) is 2. The Balaban J connectivity index is 0.000000603. The summed E-state index contributed by atoms with van der Waals surface area (Å²) >= 11 is 3.35. The van der Waals surface area contributed by atoms with Crippen LogP contribution in [0.25, 0.3) is 53.8 Å². The number of amides is 1. The Labute approximate surface area is 665 Å². The molecule has 1 amide bonds. The van der Waals surface area contributed by atoms with Crippen LogP contribution in [0, 0.1) is 41.5 Å². The number of aryl methyl sites for hydroxylation is 8. The molecule has 4 aliphatic heterocycles. The van der Waals surface area contributed by atoms with Gasteiger partial charge in [-0.15, -0.1) is 22.7 Å². The summed E-state index contributed by atoms with van der Waals surface area (Å²) in [7, 11) is 3.75. The number of fused-ring (bicyclic) bond motifs is 9. The molecular weight excluding hydrogens is 1410 g/mol. The number of benzene rings is 6. The maximum absolute atomic E-state index is 11.5. The van der Waals surface area contributed by atoms with E-state index in [1.165, 1.54) is 60.3 Å². The van der Waals surface area contributed by atoms with Gasteiger partial charge in [-0.1, -0.05) is 209 Å². The second-order valence-corrected chi connectivity index (χ2v) is 23.6. The van der Waals surface area contributed by atoms with Gasteiger partial charge >= 0.3 is 5.69 Å². The number of aromatic nitrogens is 10. The summed E-state index contributed by atoms with van der Waals surface area (Å²) in [6, 6.07) is 48.5. The SMILES string of the molecule is CC.CC.CC.CC.CC.CC.CC.CC.CC.CC1=CCN2C=CC=CN2C1=O.Cc1c[nH]c2ccccc12.Cc1ccc2c(c1)CCO2.Cc1ccc2c(c1)OCO2.Cc1ccc2ncsc2c1.Cc1cnc2ccccn12.Cc1cnc2sccn12.Cn1c(=O)[nH]c2ccccc21.Cn1cnc2ccccc21. The number of hydrogen-bond donors (Lipinski definition) is 2. The summed E-state index contributed by atoms with van der Waals surface area (Å²) in [5, 5.41) is 6.85. The van der Waals surface area contributed by atoms with E-state index in [2.05, 4.69) is 120 Å². The number of hydrazine groups is 1. The molecule has 0 bridgehead atoms. The molecule has 594 valence electrons. The lowest BCUT2D eigenvalue weighted by Gasteiger charge is -2.35. The molecule has 0 aliphatic carbocycles. The number of carbonyl (C=O) groups is 1. The monoisotopic (exact) mass is 1530 g/mol. The van der Waals surface area contributed by atoms with Gasteiger partial charge in [0.15, 0.2) is 16.5 Å². The first-order valence-electron chi connectivity index (χ1n) is 39.0. The van der Waals surface area contributed by atoms with Crippen molar-refractivity contribution in [1.82, 2.24) is 57.9 Å². The number of hydrogen-bond acceptors (Lipinski definition) is 12. The summed E-state index contributed by atoms with van der Waals surface area (Å²) in [6.07, 6.45) is 22.1. The molecule has 18 rings (SSSR count). The lowest BCUT2D eigenvalue weighted by Crippen LogP contribution is -2.44. The van der Waals surface area contributed by atoms with Crippen molar-refractivity contribution < 1.29 is 19.0 Å². The lowest BCUT2D eigenvalue weighted by atomic mass is 10.1. The van der Waals surface area contributed by atoms with Crippen molar-refractivity contribution in [2.75, 3.05) is 19.9 Å². The number of nitrogens with zero attached hydrogens (tertiary/aromatic N) is 10. The van der Waals surface area contributed by atoms with E-state index in [0.717, 1.165) is 75.1 Å². The Morgan fingerprint density at radius 3 is 1.75 bits per heavy atom. The molecule has 0 saturated heterocycles. The predicted octanol–water partition coefficient (Wildman–Crippen LogP) is 24.8. The standard InChI is InChI=1S/C9H10N2O.C9H9N.C9H10O.C8H8N2O.2C8H8N2.C8H7NS.C8H8O2.C6H6N2S.9C2H6/c1-8-4-7-10-5-2-3-6-11(10)9(8)12;1-7-6-10-9-5-3-2-4-8(7)9;1-7-2-3-9-8(6-7)4-5-10-9;1-10-7-5-3-2-4-6(7)9-8(10)11;1-10-6-9-7-4-2-3-5-8(7)10;1-7-6-9-8-4-2-3-5-10(7)8;2*1-6-2-3-7-8(4-6)10-5-9-7;1-5-4-7-6-8(5)2-3-9-6;9*1-2/h2-6H,7H2,1H3;2-6,10H,1H3;2-3,6H,4-5H2,1H3;2-5H,1H3,(H,9,11);2*2-6H,1H3;2-5H,1H3;2-4H,5H2,1H3;2-4H,1H3;9*1-2H3. The molecule has 6 aromatic carbocycles. The third kappa shape index (κ3) is 30.4. The van der Waals surface area contributed by atoms with E-state index in [1.54, 1.807) is 45.5 Å². The molecule has 4 aliphatic rings. The molecule has 0 saturated carbocycles. The fourth-order valence-corrected chi connectivity index (χ4v) is 11.4. The van der Waals surface area contributed by atoms with Gasteiger partial charge in [0.25, 0.3) is 5.91 Å². The molecule has 0 fully saturated rings. The van der Waals surface area contributed by atoms with Gasteiger partial charge < -0.3 is 33.1 Å². The Bertz CT molecular complexity index is 4700. The lowest BCUT2D eigenvalue weighted by molar-refractivity contribution is -0.135. The maximum atomic E-state index is 11.5. The van der Waals surface area contributed by atoms with Gasteiger partial charge in [0.1, 0.15) is 11.4 Å². The van der Waals surface area contributed by atoms with Gasteiger partial charge in [0.2, 0.25) is 6.79 Å². The number of aromatic amines is 2. The summed E-state index contributed by atoms with van der Waals surface area (Å²) in [5.74, 6) is 2.85. The summed E-state index contributed by atoms with van der Waals surface area (Å²) < 4.78 is 24.7. The van der Waals surface area contributed by atoms with Gasteiger partial charge in [-0.25, -0.2) is 29.7 Å². The topological polar surface area (TPSA) is 170 Å². The van der Waals surface area contributed by atoms with Crippen LogP contribution >= 0.6 is 22.7 Å². The number of ether oxygens (including phenoxy) is 3. The average molecular weight is 1530 g/mol. The highest BCUT2D eigenvalue weighted by Gasteiger charge is 2.23. The first-order chi connectivity index (χ1) is 53.7. The normalized spacial score (nSPS) is 11.1. The number of H-pyrrole nitrogens is 2. The number of imidazole rings is 4. The van der Waals surface area contributed by atoms with Crippen LogP contribution in [0.4, 0.5) is 0 Å². The molecule has 0 atom stereocenters. The maximum Gasteiger partial charge on any atom is 0.326 e. The molecule has 12 heterocycles. The van der Waals surface area contributed by atoms with E-state index in [4.69, 9.17) is 14.2 Å². The van der Waals surface area contributed by atoms with Crippen molar-refractivity contribution in [3.8, 4) is 17.2 Å². The van der Waals surface area contributed by atoms with Crippen molar-refractivity contribution in [3.63, 3.8) is 0 Å². The number of thiazole rings is 2. The first kappa shape index (κ1) is 97.3. The highest BCUT2D eigenvalue weighted by Crippen LogP contribution is 2.32. The number of pyridine rings is 1. The molecule has 2 N–H and O–H groups in total. The molecule has 17 nitrogen and oxygen atoms in total. The Hall–Kier alpha value is -10.8. The van der Waals surface area contributed by atoms with Crippen LogP contribution in [0.3, 0.4) is 0 Å². The molecule has 14 aromatic rings. The molecule has 8 aromatic heterocycles. The van der Waals surface area contributed by atoms with Gasteiger partial charge in [0.05, 0.1) is 57.3 Å². The zero-order chi connectivity index (χ0) is 82.5. The van der Waals surface area contributed by atoms with Crippen molar-refractivity contribution in [2.24, 2.45) is 14.1 Å². The van der Waals surface area contributed by atoms with Crippen molar-refractivity contribution >= 4 is 82.4 Å². The van der Waals surface area contributed by atoms with Gasteiger partial charge in [0, 0.05) is 97.1 Å².